The van der Waals surface area contributed by atoms with Crippen molar-refractivity contribution in [3.05, 3.63) is 88.4 Å². The molecule has 0 radical (unpaired) electrons. The monoisotopic (exact) mass is 529 g/mol. The van der Waals surface area contributed by atoms with Crippen LogP contribution in [-0.2, 0) is 21.2 Å². The molecule has 9 heteroatoms. The summed E-state index contributed by atoms with van der Waals surface area (Å²) in [5.41, 5.74) is 4.33. The Kier molecular flexibility index (Phi) is 8.24. The minimum Gasteiger partial charge on any atom is -0.496 e. The van der Waals surface area contributed by atoms with E-state index in [-0.39, 0.29) is 4.90 Å². The Bertz CT molecular complexity index is 1250. The van der Waals surface area contributed by atoms with Crippen LogP contribution in [0.25, 0.3) is 0 Å². The minimum absolute atomic E-state index is 0.103. The summed E-state index contributed by atoms with van der Waals surface area (Å²) in [6, 6.07) is 20.6. The van der Waals surface area contributed by atoms with E-state index >= 15 is 0 Å². The van der Waals surface area contributed by atoms with Gasteiger partial charge in [-0.3, -0.25) is 9.10 Å². The predicted octanol–water partition coefficient (Wildman–Crippen LogP) is 4.37. The number of nitrogens with zero attached hydrogens (tertiary/aromatic N) is 2. The molecular weight excluding hydrogens is 506 g/mol. The summed E-state index contributed by atoms with van der Waals surface area (Å²) >= 11 is 3.38. The second-order valence-electron chi connectivity index (χ2n) is 6.99. The van der Waals surface area contributed by atoms with Crippen LogP contribution in [0.3, 0.4) is 0 Å². The zero-order valence-electron chi connectivity index (χ0n) is 18.2. The van der Waals surface area contributed by atoms with E-state index < -0.39 is 22.5 Å². The Morgan fingerprint density at radius 3 is 2.48 bits per heavy atom. The summed E-state index contributed by atoms with van der Waals surface area (Å²) < 4.78 is 34.1. The number of sulfonamides is 1. The molecule has 172 valence electrons. The molecule has 0 aliphatic carbocycles. The summed E-state index contributed by atoms with van der Waals surface area (Å²) in [7, 11) is -2.44. The smallest absolute Gasteiger partial charge is 0.264 e. The molecule has 0 saturated carbocycles. The van der Waals surface area contributed by atoms with E-state index in [9.17, 15) is 13.2 Å². The fourth-order valence-corrected chi connectivity index (χ4v) is 5.08. The van der Waals surface area contributed by atoms with Crippen LogP contribution in [0.1, 0.15) is 18.1 Å². The van der Waals surface area contributed by atoms with Crippen LogP contribution in [-0.4, -0.2) is 34.2 Å². The molecule has 1 N–H and O–H groups in total. The van der Waals surface area contributed by atoms with Crippen LogP contribution in [0, 0.1) is 0 Å². The Labute approximate surface area is 202 Å². The summed E-state index contributed by atoms with van der Waals surface area (Å²) in [5.74, 6) is 0.00646. The van der Waals surface area contributed by atoms with Crippen molar-refractivity contribution in [1.29, 1.82) is 0 Å². The van der Waals surface area contributed by atoms with Crippen molar-refractivity contribution < 1.29 is 17.9 Å². The van der Waals surface area contributed by atoms with Gasteiger partial charge in [-0.25, -0.2) is 13.8 Å². The third-order valence-corrected chi connectivity index (χ3v) is 7.11. The number of nitrogens with one attached hydrogen (secondary N) is 1. The quantitative estimate of drug-likeness (QED) is 0.329. The van der Waals surface area contributed by atoms with E-state index in [0.29, 0.717) is 23.4 Å². The lowest BCUT2D eigenvalue weighted by Crippen LogP contribution is -2.40. The number of carbonyl (C=O) groups excluding carboxylic acids is 1. The molecule has 3 rings (SSSR count). The van der Waals surface area contributed by atoms with Crippen molar-refractivity contribution in [2.45, 2.75) is 18.2 Å². The van der Waals surface area contributed by atoms with Gasteiger partial charge in [-0.05, 0) is 48.4 Å². The normalized spacial score (nSPS) is 11.4. The maximum absolute atomic E-state index is 13.4. The van der Waals surface area contributed by atoms with Gasteiger partial charge in [-0.15, -0.1) is 0 Å². The first kappa shape index (κ1) is 24.5. The zero-order valence-corrected chi connectivity index (χ0v) is 20.6. The fourth-order valence-electron chi connectivity index (χ4n) is 3.22. The van der Waals surface area contributed by atoms with E-state index in [1.165, 1.54) is 25.5 Å². The fraction of sp³-hybridized carbons (Fsp3) is 0.167. The van der Waals surface area contributed by atoms with Gasteiger partial charge in [0.25, 0.3) is 15.9 Å². The lowest BCUT2D eigenvalue weighted by molar-refractivity contribution is -0.119. The van der Waals surface area contributed by atoms with Gasteiger partial charge < -0.3 is 4.74 Å². The highest BCUT2D eigenvalue weighted by atomic mass is 79.9. The summed E-state index contributed by atoms with van der Waals surface area (Å²) in [6.45, 7) is 1.50. The molecule has 0 unspecified atom stereocenters. The van der Waals surface area contributed by atoms with Crippen molar-refractivity contribution in [2.24, 2.45) is 5.10 Å². The van der Waals surface area contributed by atoms with Gasteiger partial charge in [0, 0.05) is 10.0 Å². The molecule has 0 aliphatic heterocycles. The number of para-hydroxylation sites is 1. The number of aryl methyl sites for hydroxylation is 1. The molecule has 0 aromatic heterocycles. The molecule has 3 aromatic carbocycles. The van der Waals surface area contributed by atoms with Crippen molar-refractivity contribution in [1.82, 2.24) is 5.43 Å². The first-order valence-electron chi connectivity index (χ1n) is 10.2. The third kappa shape index (κ3) is 6.00. The molecule has 0 atom stereocenters. The molecule has 0 saturated heterocycles. The lowest BCUT2D eigenvalue weighted by Gasteiger charge is -2.25. The molecule has 3 aromatic rings. The van der Waals surface area contributed by atoms with Crippen LogP contribution in [0.15, 0.2) is 87.3 Å². The minimum atomic E-state index is -3.98. The van der Waals surface area contributed by atoms with Crippen molar-refractivity contribution in [2.75, 3.05) is 18.0 Å². The number of ether oxygens (including phenoxy) is 1. The van der Waals surface area contributed by atoms with Gasteiger partial charge in [0.1, 0.15) is 12.3 Å². The molecule has 0 fully saturated rings. The third-order valence-electron chi connectivity index (χ3n) is 4.84. The van der Waals surface area contributed by atoms with E-state index in [1.807, 2.05) is 25.1 Å². The Morgan fingerprint density at radius 2 is 1.79 bits per heavy atom. The Balaban J connectivity index is 1.88. The SMILES string of the molecule is CCc1ccccc1N(CC(=O)N/N=C\c1cc(Br)ccc1OC)S(=O)(=O)c1ccccc1. The highest BCUT2D eigenvalue weighted by Gasteiger charge is 2.28. The molecule has 7 nitrogen and oxygen atoms in total. The van der Waals surface area contributed by atoms with Crippen LogP contribution >= 0.6 is 15.9 Å². The van der Waals surface area contributed by atoms with E-state index in [1.54, 1.807) is 42.5 Å². The second-order valence-corrected chi connectivity index (χ2v) is 9.76. The molecule has 0 aliphatic rings. The number of hydrogen-bond donors (Lipinski definition) is 1. The lowest BCUT2D eigenvalue weighted by atomic mass is 10.1. The molecule has 0 spiro atoms. The maximum Gasteiger partial charge on any atom is 0.264 e. The van der Waals surface area contributed by atoms with Gasteiger partial charge in [0.15, 0.2) is 0 Å². The predicted molar refractivity (Wildman–Crippen MR) is 133 cm³/mol. The number of amides is 1. The Hall–Kier alpha value is -3.17. The van der Waals surface area contributed by atoms with Gasteiger partial charge in [-0.1, -0.05) is 59.3 Å². The average molecular weight is 530 g/mol. The molecule has 33 heavy (non-hydrogen) atoms. The van der Waals surface area contributed by atoms with Gasteiger partial charge >= 0.3 is 0 Å². The molecule has 1 amide bonds. The van der Waals surface area contributed by atoms with Crippen molar-refractivity contribution in [3.8, 4) is 5.75 Å². The zero-order chi connectivity index (χ0) is 23.8. The van der Waals surface area contributed by atoms with E-state index in [4.69, 9.17) is 4.74 Å². The highest BCUT2D eigenvalue weighted by Crippen LogP contribution is 2.27. The number of hydrazone groups is 1. The molecular formula is C24H24BrN3O4S. The average Bonchev–Trinajstić information content (AvgIpc) is 2.83. The summed E-state index contributed by atoms with van der Waals surface area (Å²) in [4.78, 5) is 12.8. The van der Waals surface area contributed by atoms with Crippen molar-refractivity contribution >= 4 is 43.8 Å². The largest absolute Gasteiger partial charge is 0.496 e. The maximum atomic E-state index is 13.4. The second kappa shape index (κ2) is 11.1. The van der Waals surface area contributed by atoms with E-state index in [2.05, 4.69) is 26.5 Å². The summed E-state index contributed by atoms with van der Waals surface area (Å²) in [5, 5.41) is 3.99. The summed E-state index contributed by atoms with van der Waals surface area (Å²) in [6.07, 6.45) is 2.05. The number of halogens is 1. The van der Waals surface area contributed by atoms with Gasteiger partial charge in [0.2, 0.25) is 0 Å². The number of methoxy groups -OCH3 is 1. The van der Waals surface area contributed by atoms with Gasteiger partial charge in [0.05, 0.1) is 23.9 Å². The topological polar surface area (TPSA) is 88.1 Å². The number of benzene rings is 3. The number of anilines is 1. The van der Waals surface area contributed by atoms with Crippen LogP contribution in [0.2, 0.25) is 0 Å². The number of hydrogen-bond acceptors (Lipinski definition) is 5. The first-order valence-corrected chi connectivity index (χ1v) is 12.4. The highest BCUT2D eigenvalue weighted by molar-refractivity contribution is 9.10. The standard InChI is InChI=1S/C24H24BrN3O4S/c1-3-18-9-7-8-12-22(18)28(33(30,31)21-10-5-4-6-11-21)17-24(29)27-26-16-19-15-20(25)13-14-23(19)32-2/h4-16H,3,17H2,1-2H3,(H,27,29)/b26-16-. The van der Waals surface area contributed by atoms with Crippen LogP contribution in [0.5, 0.6) is 5.75 Å². The number of rotatable bonds is 9. The van der Waals surface area contributed by atoms with E-state index in [0.717, 1.165) is 14.3 Å². The molecule has 0 bridgehead atoms. The van der Waals surface area contributed by atoms with Crippen LogP contribution in [0.4, 0.5) is 5.69 Å². The first-order chi connectivity index (χ1) is 15.9. The Morgan fingerprint density at radius 1 is 1.09 bits per heavy atom. The number of carbonyl (C=O) groups is 1. The molecule has 0 heterocycles. The van der Waals surface area contributed by atoms with Gasteiger partial charge in [-0.2, -0.15) is 5.10 Å². The van der Waals surface area contributed by atoms with Crippen LogP contribution < -0.4 is 14.5 Å². The van der Waals surface area contributed by atoms with Crippen molar-refractivity contribution in [3.63, 3.8) is 0 Å².